The topological polar surface area (TPSA) is 183 Å². The van der Waals surface area contributed by atoms with E-state index in [9.17, 15) is 18.0 Å². The Hall–Kier alpha value is -2.94. The van der Waals surface area contributed by atoms with Crippen LogP contribution in [0.1, 0.15) is 44.1 Å². The monoisotopic (exact) mass is 539 g/mol. The second kappa shape index (κ2) is 14.1. The number of nitrogens with one attached hydrogen (secondary N) is 1. The highest BCUT2D eigenvalue weighted by atomic mass is 32.2. The maximum absolute atomic E-state index is 12.6. The van der Waals surface area contributed by atoms with Crippen molar-refractivity contribution in [3.63, 3.8) is 0 Å². The number of rotatable bonds is 16. The van der Waals surface area contributed by atoms with E-state index in [1.54, 1.807) is 13.8 Å². The van der Waals surface area contributed by atoms with Gasteiger partial charge in [0.05, 0.1) is 36.9 Å². The van der Waals surface area contributed by atoms with Gasteiger partial charge in [0.25, 0.3) is 0 Å². The van der Waals surface area contributed by atoms with E-state index >= 15 is 0 Å². The number of aliphatic hydroxyl groups excluding tert-OH is 1. The van der Waals surface area contributed by atoms with Gasteiger partial charge >= 0.3 is 0 Å². The minimum atomic E-state index is -3.41. The number of benzene rings is 1. The molecular weight excluding hydrogens is 502 g/mol. The van der Waals surface area contributed by atoms with Crippen LogP contribution in [0.4, 0.5) is 0 Å². The predicted octanol–water partition coefficient (Wildman–Crippen LogP) is -0.570. The van der Waals surface area contributed by atoms with Gasteiger partial charge in [-0.1, -0.05) is 30.3 Å². The van der Waals surface area contributed by atoms with Crippen LogP contribution in [0.15, 0.2) is 30.3 Å². The van der Waals surface area contributed by atoms with Crippen LogP contribution in [0.3, 0.4) is 0 Å². The maximum Gasteiger partial charge on any atom is 0.240 e. The lowest BCUT2D eigenvalue weighted by atomic mass is 10.1. The Morgan fingerprint density at radius 3 is 2.59 bits per heavy atom. The van der Waals surface area contributed by atoms with Gasteiger partial charge < -0.3 is 25.8 Å². The molecule has 0 aliphatic heterocycles. The van der Waals surface area contributed by atoms with Gasteiger partial charge in [-0.25, -0.2) is 13.1 Å². The van der Waals surface area contributed by atoms with Crippen molar-refractivity contribution in [2.45, 2.75) is 51.4 Å². The third kappa shape index (κ3) is 10.5. The highest BCUT2D eigenvalue weighted by molar-refractivity contribution is 7.91. The van der Waals surface area contributed by atoms with Crippen molar-refractivity contribution in [1.29, 1.82) is 0 Å². The van der Waals surface area contributed by atoms with Gasteiger partial charge in [0.1, 0.15) is 6.04 Å². The number of aryl methyl sites for hydroxylation is 1. The number of nitrogens with zero attached hydrogens (tertiary/aromatic N) is 5. The standard InChI is InChI=1S/C23H37N7O6S/c1-23(2,24)22(33)25-19(17-36-16-18-8-5-4-6-9-18)21-26-27-28-30(21)11-7-10-20(32)29(3)12-14-37(34,35)15-13-31/h4-6,8-9,19,31H,7,10-17,24H2,1-3H3,(H,25,33)/t19-/m1/s1. The fourth-order valence-electron chi connectivity index (χ4n) is 3.23. The van der Waals surface area contributed by atoms with E-state index in [0.717, 1.165) is 5.56 Å². The minimum absolute atomic E-state index is 0.0407. The zero-order chi connectivity index (χ0) is 27.5. The van der Waals surface area contributed by atoms with Gasteiger partial charge in [-0.2, -0.15) is 0 Å². The van der Waals surface area contributed by atoms with Crippen LogP contribution < -0.4 is 11.1 Å². The van der Waals surface area contributed by atoms with Gasteiger partial charge in [-0.15, -0.1) is 5.10 Å². The lowest BCUT2D eigenvalue weighted by Gasteiger charge is -2.24. The first-order valence-electron chi connectivity index (χ1n) is 12.0. The fraction of sp³-hybridized carbons (Fsp3) is 0.609. The molecule has 2 amide bonds. The lowest BCUT2D eigenvalue weighted by Crippen LogP contribution is -2.51. The largest absolute Gasteiger partial charge is 0.395 e. The highest BCUT2D eigenvalue weighted by Gasteiger charge is 2.28. The number of carbonyl (C=O) groups is 2. The van der Waals surface area contributed by atoms with E-state index in [1.807, 2.05) is 30.3 Å². The Kier molecular flexibility index (Phi) is 11.6. The van der Waals surface area contributed by atoms with Crippen molar-refractivity contribution >= 4 is 21.7 Å². The van der Waals surface area contributed by atoms with E-state index in [-0.39, 0.29) is 37.0 Å². The molecule has 14 heteroatoms. The highest BCUT2D eigenvalue weighted by Crippen LogP contribution is 2.14. The van der Waals surface area contributed by atoms with E-state index < -0.39 is 33.9 Å². The van der Waals surface area contributed by atoms with E-state index in [4.69, 9.17) is 15.6 Å². The zero-order valence-corrected chi connectivity index (χ0v) is 22.4. The zero-order valence-electron chi connectivity index (χ0n) is 21.5. The number of nitrogens with two attached hydrogens (primary N) is 1. The molecule has 0 aliphatic carbocycles. The van der Waals surface area contributed by atoms with Crippen LogP contribution in [0, 0.1) is 0 Å². The summed E-state index contributed by atoms with van der Waals surface area (Å²) in [7, 11) is -1.88. The second-order valence-electron chi connectivity index (χ2n) is 9.30. The van der Waals surface area contributed by atoms with Crippen LogP contribution in [-0.4, -0.2) is 94.3 Å². The molecule has 13 nitrogen and oxygen atoms in total. The average Bonchev–Trinajstić information content (AvgIpc) is 3.30. The molecule has 0 spiro atoms. The van der Waals surface area contributed by atoms with Gasteiger partial charge in [-0.3, -0.25) is 9.59 Å². The Bertz CT molecular complexity index is 1100. The summed E-state index contributed by atoms with van der Waals surface area (Å²) in [5, 5.41) is 23.4. The van der Waals surface area contributed by atoms with E-state index in [0.29, 0.717) is 25.4 Å². The van der Waals surface area contributed by atoms with Crippen molar-refractivity contribution in [3.8, 4) is 0 Å². The SMILES string of the molecule is CN(CCS(=O)(=O)CCO)C(=O)CCCn1nnnc1[C@@H](COCc1ccccc1)NC(=O)C(C)(C)N. The van der Waals surface area contributed by atoms with Crippen LogP contribution in [-0.2, 0) is 37.3 Å². The molecule has 0 fully saturated rings. The molecule has 1 heterocycles. The summed E-state index contributed by atoms with van der Waals surface area (Å²) in [5.74, 6) is -0.806. The van der Waals surface area contributed by atoms with Gasteiger partial charge in [0.2, 0.25) is 11.8 Å². The van der Waals surface area contributed by atoms with Crippen molar-refractivity contribution in [2.24, 2.45) is 5.73 Å². The lowest BCUT2D eigenvalue weighted by molar-refractivity contribution is -0.129. The predicted molar refractivity (Wildman–Crippen MR) is 136 cm³/mol. The number of carbonyl (C=O) groups excluding carboxylic acids is 2. The van der Waals surface area contributed by atoms with Gasteiger partial charge in [0.15, 0.2) is 15.7 Å². The van der Waals surface area contributed by atoms with Crippen molar-refractivity contribution in [1.82, 2.24) is 30.4 Å². The Balaban J connectivity index is 1.98. The molecule has 2 aromatic rings. The third-order valence-electron chi connectivity index (χ3n) is 5.48. The van der Waals surface area contributed by atoms with Crippen LogP contribution in [0.25, 0.3) is 0 Å². The van der Waals surface area contributed by atoms with E-state index in [1.165, 1.54) is 16.6 Å². The number of hydrogen-bond acceptors (Lipinski definition) is 10. The van der Waals surface area contributed by atoms with Gasteiger partial charge in [0, 0.05) is 26.6 Å². The quantitative estimate of drug-likeness (QED) is 0.250. The Labute approximate surface area is 217 Å². The minimum Gasteiger partial charge on any atom is -0.395 e. The van der Waals surface area contributed by atoms with Crippen molar-refractivity contribution in [3.05, 3.63) is 41.7 Å². The molecule has 0 unspecified atom stereocenters. The first-order chi connectivity index (χ1) is 17.4. The number of amides is 2. The van der Waals surface area contributed by atoms with Crippen LogP contribution in [0.5, 0.6) is 0 Å². The number of sulfone groups is 1. The Morgan fingerprint density at radius 1 is 1.24 bits per heavy atom. The first-order valence-corrected chi connectivity index (χ1v) is 13.8. The summed E-state index contributed by atoms with van der Waals surface area (Å²) in [6.07, 6.45) is 0.533. The van der Waals surface area contributed by atoms with Crippen LogP contribution >= 0.6 is 0 Å². The summed E-state index contributed by atoms with van der Waals surface area (Å²) in [6, 6.07) is 8.90. The average molecular weight is 540 g/mol. The van der Waals surface area contributed by atoms with Crippen molar-refractivity contribution < 1.29 is 27.9 Å². The Morgan fingerprint density at radius 2 is 1.95 bits per heavy atom. The smallest absolute Gasteiger partial charge is 0.240 e. The molecule has 37 heavy (non-hydrogen) atoms. The number of aromatic nitrogens is 4. The first kappa shape index (κ1) is 30.3. The third-order valence-corrected chi connectivity index (χ3v) is 7.09. The molecule has 0 bridgehead atoms. The summed E-state index contributed by atoms with van der Waals surface area (Å²) in [4.78, 5) is 26.4. The number of hydrogen-bond donors (Lipinski definition) is 3. The molecule has 1 atom stereocenters. The molecule has 0 saturated carbocycles. The second-order valence-corrected chi connectivity index (χ2v) is 11.6. The van der Waals surface area contributed by atoms with Crippen LogP contribution in [0.2, 0.25) is 0 Å². The van der Waals surface area contributed by atoms with Crippen molar-refractivity contribution in [2.75, 3.05) is 38.3 Å². The summed E-state index contributed by atoms with van der Waals surface area (Å²) in [5.41, 5.74) is 5.79. The molecule has 0 aliphatic rings. The fourth-order valence-corrected chi connectivity index (χ4v) is 4.26. The molecule has 206 valence electrons. The molecule has 4 N–H and O–H groups in total. The maximum atomic E-state index is 12.6. The molecule has 2 rings (SSSR count). The molecule has 1 aromatic heterocycles. The summed E-state index contributed by atoms with van der Waals surface area (Å²) < 4.78 is 30.8. The van der Waals surface area contributed by atoms with Gasteiger partial charge in [-0.05, 0) is 36.3 Å². The normalized spacial score (nSPS) is 12.8. The summed E-state index contributed by atoms with van der Waals surface area (Å²) in [6.45, 7) is 3.49. The van der Waals surface area contributed by atoms with E-state index in [2.05, 4.69) is 20.8 Å². The molecule has 1 aromatic carbocycles. The summed E-state index contributed by atoms with van der Waals surface area (Å²) >= 11 is 0. The number of ether oxygens (including phenoxy) is 1. The number of tetrazole rings is 1. The molecule has 0 radical (unpaired) electrons. The number of aliphatic hydroxyl groups is 1. The molecule has 0 saturated heterocycles. The molecular formula is C23H37N7O6S.